The smallest absolute Gasteiger partial charge is 0.410 e. The minimum Gasteiger partial charge on any atom is -0.444 e. The van der Waals surface area contributed by atoms with E-state index < -0.39 is 17.5 Å². The van der Waals surface area contributed by atoms with Crippen LogP contribution in [0.15, 0.2) is 18.2 Å². The van der Waals surface area contributed by atoms with Gasteiger partial charge in [0.25, 0.3) is 5.91 Å². The summed E-state index contributed by atoms with van der Waals surface area (Å²) >= 11 is 0. The van der Waals surface area contributed by atoms with Gasteiger partial charge in [-0.25, -0.2) is 9.18 Å². The normalized spacial score (nSPS) is 16.2. The van der Waals surface area contributed by atoms with Crippen molar-refractivity contribution in [2.75, 3.05) is 26.8 Å². The summed E-state index contributed by atoms with van der Waals surface area (Å²) in [6.45, 7) is 11.3. The number of likely N-dealkylation sites (tertiary alicyclic amines) is 1. The first kappa shape index (κ1) is 28.5. The van der Waals surface area contributed by atoms with Gasteiger partial charge in [0.05, 0.1) is 17.1 Å². The molecular formula is C28H39FN4O4. The molecule has 0 spiro atoms. The summed E-state index contributed by atoms with van der Waals surface area (Å²) in [5, 5.41) is 10.7. The van der Waals surface area contributed by atoms with E-state index in [0.29, 0.717) is 43.6 Å². The maximum atomic E-state index is 14.3. The molecule has 0 unspecified atom stereocenters. The van der Waals surface area contributed by atoms with Crippen LogP contribution in [0.5, 0.6) is 0 Å². The molecule has 2 heterocycles. The fourth-order valence-electron chi connectivity index (χ4n) is 5.02. The second-order valence-corrected chi connectivity index (χ2v) is 10.9. The molecule has 9 heteroatoms. The van der Waals surface area contributed by atoms with Crippen LogP contribution in [-0.2, 0) is 16.0 Å². The Morgan fingerprint density at radius 1 is 1.27 bits per heavy atom. The van der Waals surface area contributed by atoms with E-state index in [1.807, 2.05) is 34.6 Å². The molecule has 0 saturated carbocycles. The number of hydrogen-bond donors (Lipinski definition) is 0. The predicted octanol–water partition coefficient (Wildman–Crippen LogP) is 5.33. The summed E-state index contributed by atoms with van der Waals surface area (Å²) in [5.74, 6) is -0.710. The van der Waals surface area contributed by atoms with Crippen LogP contribution in [0.4, 0.5) is 9.18 Å². The Balaban J connectivity index is 2.01. The Morgan fingerprint density at radius 3 is 2.62 bits per heavy atom. The number of halogens is 1. The van der Waals surface area contributed by atoms with E-state index in [1.54, 1.807) is 27.5 Å². The fraction of sp³-hybridized carbons (Fsp3) is 0.607. The van der Waals surface area contributed by atoms with Crippen LogP contribution in [0, 0.1) is 17.1 Å². The van der Waals surface area contributed by atoms with Crippen molar-refractivity contribution in [1.82, 2.24) is 14.4 Å². The molecule has 1 atom stereocenters. The molecule has 1 aliphatic rings. The van der Waals surface area contributed by atoms with Crippen LogP contribution in [0.1, 0.15) is 76.4 Å². The lowest BCUT2D eigenvalue weighted by atomic mass is 10.0. The number of nitriles is 1. The Morgan fingerprint density at radius 2 is 2.00 bits per heavy atom. The third-order valence-electron chi connectivity index (χ3n) is 6.55. The number of hydrogen-bond acceptors (Lipinski definition) is 5. The molecule has 37 heavy (non-hydrogen) atoms. The number of amides is 2. The topological polar surface area (TPSA) is 87.8 Å². The van der Waals surface area contributed by atoms with E-state index in [9.17, 15) is 19.2 Å². The molecule has 3 rings (SSSR count). The lowest BCUT2D eigenvalue weighted by Gasteiger charge is -2.41. The number of fused-ring (bicyclic) bond motifs is 1. The van der Waals surface area contributed by atoms with Crippen LogP contribution in [0.3, 0.4) is 0 Å². The Labute approximate surface area is 218 Å². The number of rotatable bonds is 8. The number of carbonyl (C=O) groups is 2. The van der Waals surface area contributed by atoms with Crippen molar-refractivity contribution in [3.8, 4) is 6.07 Å². The van der Waals surface area contributed by atoms with Crippen molar-refractivity contribution in [2.24, 2.45) is 0 Å². The maximum Gasteiger partial charge on any atom is 0.410 e. The monoisotopic (exact) mass is 514 g/mol. The SMILES string of the molecule is COCCCCn1c(C(=O)N(C(C)C)[C@@H]2CCCN(C(=O)OC(C)(C)C)C2)c(C#N)c2ccc(F)cc21. The molecule has 2 aromatic rings. The molecule has 0 radical (unpaired) electrons. The summed E-state index contributed by atoms with van der Waals surface area (Å²) in [6, 6.07) is 6.05. The number of piperidine rings is 1. The van der Waals surface area contributed by atoms with Gasteiger partial charge in [-0.2, -0.15) is 5.26 Å². The highest BCUT2D eigenvalue weighted by atomic mass is 19.1. The van der Waals surface area contributed by atoms with E-state index in [2.05, 4.69) is 6.07 Å². The largest absolute Gasteiger partial charge is 0.444 e. The number of ether oxygens (including phenoxy) is 2. The van der Waals surface area contributed by atoms with Gasteiger partial charge in [-0.15, -0.1) is 0 Å². The van der Waals surface area contributed by atoms with Crippen molar-refractivity contribution in [1.29, 1.82) is 5.26 Å². The van der Waals surface area contributed by atoms with Gasteiger partial charge in [-0.1, -0.05) is 0 Å². The number of methoxy groups -OCH3 is 1. The van der Waals surface area contributed by atoms with Crippen molar-refractivity contribution in [3.63, 3.8) is 0 Å². The number of aryl methyl sites for hydroxylation is 1. The maximum absolute atomic E-state index is 14.3. The molecule has 0 N–H and O–H groups in total. The fourth-order valence-corrected chi connectivity index (χ4v) is 5.02. The first-order valence-electron chi connectivity index (χ1n) is 13.0. The summed E-state index contributed by atoms with van der Waals surface area (Å²) in [7, 11) is 1.63. The predicted molar refractivity (Wildman–Crippen MR) is 140 cm³/mol. The Bertz CT molecular complexity index is 1160. The van der Waals surface area contributed by atoms with Crippen LogP contribution in [0.2, 0.25) is 0 Å². The summed E-state index contributed by atoms with van der Waals surface area (Å²) in [4.78, 5) is 30.4. The van der Waals surface area contributed by atoms with Gasteiger partial charge in [-0.05, 0) is 78.5 Å². The van der Waals surface area contributed by atoms with Gasteiger partial charge in [0.1, 0.15) is 23.2 Å². The van der Waals surface area contributed by atoms with Crippen molar-refractivity contribution < 1.29 is 23.5 Å². The van der Waals surface area contributed by atoms with Crippen molar-refractivity contribution in [2.45, 2.75) is 84.5 Å². The average Bonchev–Trinajstić information content (AvgIpc) is 3.13. The third kappa shape index (κ3) is 6.61. The van der Waals surface area contributed by atoms with Gasteiger partial charge < -0.3 is 23.8 Å². The Kier molecular flexibility index (Phi) is 9.19. The molecule has 1 aromatic carbocycles. The van der Waals surface area contributed by atoms with Crippen LogP contribution < -0.4 is 0 Å². The number of unbranched alkanes of at least 4 members (excludes halogenated alkanes) is 1. The zero-order valence-electron chi connectivity index (χ0n) is 22.8. The molecule has 0 bridgehead atoms. The van der Waals surface area contributed by atoms with E-state index in [1.165, 1.54) is 12.1 Å². The number of aromatic nitrogens is 1. The number of nitrogens with zero attached hydrogens (tertiary/aromatic N) is 4. The van der Waals surface area contributed by atoms with E-state index in [0.717, 1.165) is 19.3 Å². The van der Waals surface area contributed by atoms with Crippen LogP contribution in [0.25, 0.3) is 10.9 Å². The first-order chi connectivity index (χ1) is 17.5. The lowest BCUT2D eigenvalue weighted by Crippen LogP contribution is -2.54. The van der Waals surface area contributed by atoms with Crippen molar-refractivity contribution >= 4 is 22.9 Å². The van der Waals surface area contributed by atoms with Gasteiger partial charge in [0, 0.05) is 44.8 Å². The first-order valence-corrected chi connectivity index (χ1v) is 13.0. The van der Waals surface area contributed by atoms with Crippen molar-refractivity contribution in [3.05, 3.63) is 35.3 Å². The zero-order valence-corrected chi connectivity index (χ0v) is 22.8. The molecule has 1 aromatic heterocycles. The highest BCUT2D eigenvalue weighted by Crippen LogP contribution is 2.30. The molecule has 2 amide bonds. The van der Waals surface area contributed by atoms with Gasteiger partial charge >= 0.3 is 6.09 Å². The minimum absolute atomic E-state index is 0.181. The van der Waals surface area contributed by atoms with E-state index in [-0.39, 0.29) is 29.2 Å². The molecular weight excluding hydrogens is 475 g/mol. The molecule has 1 saturated heterocycles. The molecule has 0 aliphatic carbocycles. The van der Waals surface area contributed by atoms with Crippen LogP contribution in [-0.4, -0.2) is 70.9 Å². The zero-order chi connectivity index (χ0) is 27.3. The molecule has 8 nitrogen and oxygen atoms in total. The van der Waals surface area contributed by atoms with Crippen LogP contribution >= 0.6 is 0 Å². The van der Waals surface area contributed by atoms with E-state index in [4.69, 9.17) is 9.47 Å². The molecule has 202 valence electrons. The average molecular weight is 515 g/mol. The van der Waals surface area contributed by atoms with E-state index >= 15 is 0 Å². The lowest BCUT2D eigenvalue weighted by molar-refractivity contribution is 0.00733. The highest BCUT2D eigenvalue weighted by Gasteiger charge is 2.36. The standard InChI is InChI=1S/C28H39FN4O4/c1-19(2)33(21-10-9-13-31(18-21)27(35)37-28(3,4)5)26(34)25-23(17-30)22-12-11-20(29)16-24(22)32(25)14-7-8-15-36-6/h11-12,16,19,21H,7-10,13-15,18H2,1-6H3/t21-/m1/s1. The minimum atomic E-state index is -0.613. The number of carbonyl (C=O) groups excluding carboxylic acids is 2. The van der Waals surface area contributed by atoms with Gasteiger partial charge in [0.2, 0.25) is 0 Å². The molecule has 1 fully saturated rings. The summed E-state index contributed by atoms with van der Waals surface area (Å²) in [6.07, 6.45) is 2.54. The summed E-state index contributed by atoms with van der Waals surface area (Å²) in [5.41, 5.74) is 0.430. The second-order valence-electron chi connectivity index (χ2n) is 10.9. The van der Waals surface area contributed by atoms with Gasteiger partial charge in [-0.3, -0.25) is 4.79 Å². The Hall–Kier alpha value is -3.12. The number of benzene rings is 1. The highest BCUT2D eigenvalue weighted by molar-refractivity contribution is 6.03. The summed E-state index contributed by atoms with van der Waals surface area (Å²) < 4.78 is 26.8. The van der Waals surface area contributed by atoms with Gasteiger partial charge in [0.15, 0.2) is 0 Å². The quantitative estimate of drug-likeness (QED) is 0.445. The second kappa shape index (κ2) is 12.0. The molecule has 1 aliphatic heterocycles. The third-order valence-corrected chi connectivity index (χ3v) is 6.55.